The van der Waals surface area contributed by atoms with Crippen molar-refractivity contribution in [1.82, 2.24) is 10.3 Å². The van der Waals surface area contributed by atoms with Crippen LogP contribution in [0, 0.1) is 11.6 Å². The van der Waals surface area contributed by atoms with E-state index in [1.54, 1.807) is 18.5 Å². The van der Waals surface area contributed by atoms with E-state index >= 15 is 0 Å². The minimum atomic E-state index is -4.25. The second-order valence-corrected chi connectivity index (χ2v) is 8.11. The third kappa shape index (κ3) is 5.43. The zero-order valence-electron chi connectivity index (χ0n) is 15.2. The van der Waals surface area contributed by atoms with Gasteiger partial charge >= 0.3 is 6.03 Å². The summed E-state index contributed by atoms with van der Waals surface area (Å²) in [6.07, 6.45) is 3.25. The number of anilines is 2. The molecule has 0 radical (unpaired) electrons. The molecule has 0 atom stereocenters. The van der Waals surface area contributed by atoms with Crippen molar-refractivity contribution >= 4 is 39.0 Å². The van der Waals surface area contributed by atoms with Gasteiger partial charge in [-0.15, -0.1) is 0 Å². The number of benzene rings is 2. The van der Waals surface area contributed by atoms with Gasteiger partial charge in [-0.2, -0.15) is 0 Å². The van der Waals surface area contributed by atoms with Crippen LogP contribution in [-0.2, 0) is 16.6 Å². The number of nitrogens with zero attached hydrogens (tertiary/aromatic N) is 1. The molecule has 0 fully saturated rings. The van der Waals surface area contributed by atoms with Crippen LogP contribution in [0.1, 0.15) is 5.56 Å². The molecule has 11 heteroatoms. The van der Waals surface area contributed by atoms with E-state index in [2.05, 4.69) is 20.3 Å². The Morgan fingerprint density at radius 1 is 1.03 bits per heavy atom. The maximum atomic E-state index is 13.4. The molecule has 0 aliphatic heterocycles. The van der Waals surface area contributed by atoms with E-state index in [9.17, 15) is 22.0 Å². The van der Waals surface area contributed by atoms with Crippen LogP contribution in [0.25, 0.3) is 0 Å². The van der Waals surface area contributed by atoms with Gasteiger partial charge in [-0.25, -0.2) is 22.0 Å². The summed E-state index contributed by atoms with van der Waals surface area (Å²) in [4.78, 5) is 15.3. The minimum Gasteiger partial charge on any atom is -0.334 e. The standard InChI is InChI=1S/C19H15ClF2N4O3S/c20-15-8-16(21)17(22)9-18(15)30(28,29)26-14-5-3-13(4-6-14)25-19(27)24-11-12-2-1-7-23-10-12/h1-10,26H,11H2,(H2,24,25,27). The van der Waals surface area contributed by atoms with Gasteiger partial charge in [-0.3, -0.25) is 9.71 Å². The number of urea groups is 1. The van der Waals surface area contributed by atoms with Crippen molar-refractivity contribution in [2.24, 2.45) is 0 Å². The number of amides is 2. The normalized spacial score (nSPS) is 11.0. The Hall–Kier alpha value is -3.24. The molecule has 3 N–H and O–H groups in total. The molecule has 0 spiro atoms. The van der Waals surface area contributed by atoms with Crippen molar-refractivity contribution in [1.29, 1.82) is 0 Å². The van der Waals surface area contributed by atoms with Gasteiger partial charge in [-0.05, 0) is 48.0 Å². The van der Waals surface area contributed by atoms with Crippen molar-refractivity contribution in [2.75, 3.05) is 10.0 Å². The summed E-state index contributed by atoms with van der Waals surface area (Å²) in [6.45, 7) is 0.284. The highest BCUT2D eigenvalue weighted by Gasteiger charge is 2.21. The highest BCUT2D eigenvalue weighted by Crippen LogP contribution is 2.26. The first-order valence-electron chi connectivity index (χ1n) is 8.46. The summed E-state index contributed by atoms with van der Waals surface area (Å²) in [5.41, 5.74) is 1.37. The molecule has 3 aromatic rings. The lowest BCUT2D eigenvalue weighted by atomic mass is 10.3. The minimum absolute atomic E-state index is 0.136. The van der Waals surface area contributed by atoms with Crippen LogP contribution in [0.5, 0.6) is 0 Å². The van der Waals surface area contributed by atoms with E-state index in [-0.39, 0.29) is 12.2 Å². The number of rotatable bonds is 6. The first-order chi connectivity index (χ1) is 14.2. The average molecular weight is 453 g/mol. The molecule has 3 rings (SSSR count). The predicted molar refractivity (Wildman–Crippen MR) is 109 cm³/mol. The molecule has 0 unspecified atom stereocenters. The maximum absolute atomic E-state index is 13.4. The van der Waals surface area contributed by atoms with Gasteiger partial charge in [0, 0.05) is 30.3 Å². The van der Waals surface area contributed by atoms with Crippen molar-refractivity contribution < 1.29 is 22.0 Å². The highest BCUT2D eigenvalue weighted by atomic mass is 35.5. The van der Waals surface area contributed by atoms with Gasteiger partial charge in [-0.1, -0.05) is 17.7 Å². The summed E-state index contributed by atoms with van der Waals surface area (Å²) in [5.74, 6) is -2.59. The molecule has 0 aliphatic rings. The number of carbonyl (C=O) groups is 1. The fourth-order valence-electron chi connectivity index (χ4n) is 2.40. The maximum Gasteiger partial charge on any atom is 0.319 e. The van der Waals surface area contributed by atoms with Gasteiger partial charge in [0.15, 0.2) is 11.6 Å². The number of hydrogen-bond donors (Lipinski definition) is 3. The molecular weight excluding hydrogens is 438 g/mol. The first-order valence-corrected chi connectivity index (χ1v) is 10.3. The Bertz CT molecular complexity index is 1160. The topological polar surface area (TPSA) is 100 Å². The average Bonchev–Trinajstić information content (AvgIpc) is 2.71. The number of pyridine rings is 1. The van der Waals surface area contributed by atoms with Crippen LogP contribution in [0.15, 0.2) is 65.8 Å². The van der Waals surface area contributed by atoms with Gasteiger partial charge in [0.2, 0.25) is 0 Å². The number of aromatic nitrogens is 1. The zero-order valence-corrected chi connectivity index (χ0v) is 16.8. The lowest BCUT2D eigenvalue weighted by Gasteiger charge is -2.11. The number of halogens is 3. The fourth-order valence-corrected chi connectivity index (χ4v) is 3.99. The van der Waals surface area contributed by atoms with E-state index in [1.165, 1.54) is 24.3 Å². The predicted octanol–water partition coefficient (Wildman–Crippen LogP) is 4.14. The van der Waals surface area contributed by atoms with Gasteiger partial charge < -0.3 is 10.6 Å². The van der Waals surface area contributed by atoms with Crippen LogP contribution < -0.4 is 15.4 Å². The molecule has 2 amide bonds. The van der Waals surface area contributed by atoms with Gasteiger partial charge in [0.05, 0.1) is 5.02 Å². The molecule has 2 aromatic carbocycles. The Morgan fingerprint density at radius 3 is 2.37 bits per heavy atom. The molecule has 156 valence electrons. The van der Waals surface area contributed by atoms with E-state index in [0.717, 1.165) is 5.56 Å². The highest BCUT2D eigenvalue weighted by molar-refractivity contribution is 7.92. The van der Waals surface area contributed by atoms with Gasteiger partial charge in [0.1, 0.15) is 4.90 Å². The Morgan fingerprint density at radius 2 is 1.70 bits per heavy atom. The Labute approximate surface area is 176 Å². The molecule has 1 aromatic heterocycles. The van der Waals surface area contributed by atoms with Crippen molar-refractivity contribution in [2.45, 2.75) is 11.4 Å². The monoisotopic (exact) mass is 452 g/mol. The van der Waals surface area contributed by atoms with E-state index < -0.39 is 37.6 Å². The second kappa shape index (κ2) is 9.06. The van der Waals surface area contributed by atoms with E-state index in [0.29, 0.717) is 17.8 Å². The van der Waals surface area contributed by atoms with Crippen LogP contribution in [-0.4, -0.2) is 19.4 Å². The lowest BCUT2D eigenvalue weighted by molar-refractivity contribution is 0.251. The molecule has 0 saturated carbocycles. The summed E-state index contributed by atoms with van der Waals surface area (Å²) in [7, 11) is -4.25. The van der Waals surface area contributed by atoms with Crippen LogP contribution in [0.4, 0.5) is 25.0 Å². The first kappa shape index (κ1) is 21.5. The summed E-state index contributed by atoms with van der Waals surface area (Å²) >= 11 is 5.72. The second-order valence-electron chi connectivity index (χ2n) is 6.05. The SMILES string of the molecule is O=C(NCc1cccnc1)Nc1ccc(NS(=O)(=O)c2cc(F)c(F)cc2Cl)cc1. The van der Waals surface area contributed by atoms with Crippen molar-refractivity contribution in [3.63, 3.8) is 0 Å². The van der Waals surface area contributed by atoms with Crippen LogP contribution in [0.2, 0.25) is 5.02 Å². The summed E-state index contributed by atoms with van der Waals surface area (Å²) in [6, 6.07) is 9.91. The number of sulfonamides is 1. The van der Waals surface area contributed by atoms with E-state index in [4.69, 9.17) is 11.6 Å². The smallest absolute Gasteiger partial charge is 0.319 e. The molecule has 0 aliphatic carbocycles. The molecular formula is C19H15ClF2N4O3S. The van der Waals surface area contributed by atoms with Crippen molar-refractivity contribution in [3.05, 3.63) is 83.1 Å². The quantitative estimate of drug-likeness (QED) is 0.489. The number of carbonyl (C=O) groups excluding carboxylic acids is 1. The van der Waals surface area contributed by atoms with Crippen LogP contribution in [0.3, 0.4) is 0 Å². The Balaban J connectivity index is 1.63. The Kier molecular flexibility index (Phi) is 6.48. The number of nitrogens with one attached hydrogen (secondary N) is 3. The van der Waals surface area contributed by atoms with E-state index in [1.807, 2.05) is 6.07 Å². The molecule has 0 bridgehead atoms. The third-order valence-electron chi connectivity index (χ3n) is 3.84. The fraction of sp³-hybridized carbons (Fsp3) is 0.0526. The summed E-state index contributed by atoms with van der Waals surface area (Å²) in [5, 5.41) is 4.80. The van der Waals surface area contributed by atoms with Gasteiger partial charge in [0.25, 0.3) is 10.0 Å². The third-order valence-corrected chi connectivity index (χ3v) is 5.68. The summed E-state index contributed by atoms with van der Waals surface area (Å²) < 4.78 is 53.6. The molecule has 1 heterocycles. The molecule has 0 saturated heterocycles. The number of hydrogen-bond acceptors (Lipinski definition) is 4. The molecule has 7 nitrogen and oxygen atoms in total. The largest absolute Gasteiger partial charge is 0.334 e. The zero-order chi connectivity index (χ0) is 21.7. The van der Waals surface area contributed by atoms with Crippen molar-refractivity contribution in [3.8, 4) is 0 Å². The lowest BCUT2D eigenvalue weighted by Crippen LogP contribution is -2.28. The van der Waals surface area contributed by atoms with Crippen LogP contribution >= 0.6 is 11.6 Å². The molecule has 30 heavy (non-hydrogen) atoms.